The number of hydrogen-bond donors (Lipinski definition) is 0. The molecule has 0 aliphatic rings. The maximum absolute atomic E-state index is 3.68. The van der Waals surface area contributed by atoms with Crippen molar-refractivity contribution in [3.05, 3.63) is 12.0 Å². The minimum atomic E-state index is 1.26. The van der Waals surface area contributed by atoms with Crippen molar-refractivity contribution in [1.29, 1.82) is 0 Å². The van der Waals surface area contributed by atoms with Crippen molar-refractivity contribution in [2.45, 2.75) is 51.9 Å². The van der Waals surface area contributed by atoms with Gasteiger partial charge in [0.25, 0.3) is 0 Å². The molecule has 0 spiro atoms. The molecule has 0 aromatic carbocycles. The molecule has 0 nitrogen and oxygen atoms in total. The van der Waals surface area contributed by atoms with E-state index in [9.17, 15) is 0 Å². The minimum Gasteiger partial charge on any atom is -0.135 e. The second kappa shape index (κ2) is 11.1. The molecular formula is C11H22S. The second-order valence-corrected chi connectivity index (χ2v) is 4.23. The lowest BCUT2D eigenvalue weighted by molar-refractivity contribution is 0.604. The van der Waals surface area contributed by atoms with Crippen LogP contribution in [0.2, 0.25) is 0 Å². The summed E-state index contributed by atoms with van der Waals surface area (Å²) in [5, 5.41) is 1.94. The van der Waals surface area contributed by atoms with Crippen molar-refractivity contribution in [3.63, 3.8) is 0 Å². The van der Waals surface area contributed by atoms with Crippen LogP contribution < -0.4 is 0 Å². The number of rotatable bonds is 9. The molecule has 72 valence electrons. The maximum Gasteiger partial charge on any atom is -0.00262 e. The average Bonchev–Trinajstić information content (AvgIpc) is 2.10. The molecule has 0 aliphatic carbocycles. The summed E-state index contributed by atoms with van der Waals surface area (Å²) < 4.78 is 0. The van der Waals surface area contributed by atoms with E-state index in [1.807, 2.05) is 17.2 Å². The lowest BCUT2D eigenvalue weighted by Gasteiger charge is -1.99. The van der Waals surface area contributed by atoms with E-state index < -0.39 is 0 Å². The van der Waals surface area contributed by atoms with Gasteiger partial charge in [0, 0.05) is 0 Å². The monoisotopic (exact) mass is 186 g/mol. The fraction of sp³-hybridized carbons (Fsp3) is 0.818. The lowest BCUT2D eigenvalue weighted by Crippen LogP contribution is -1.81. The van der Waals surface area contributed by atoms with Gasteiger partial charge >= 0.3 is 0 Å². The Hall–Kier alpha value is 0.0900. The highest BCUT2D eigenvalue weighted by Gasteiger charge is 1.89. The molecule has 0 saturated carbocycles. The number of thioether (sulfide) groups is 1. The zero-order valence-corrected chi connectivity index (χ0v) is 9.17. The molecule has 0 fully saturated rings. The Morgan fingerprint density at radius 1 is 1.00 bits per heavy atom. The summed E-state index contributed by atoms with van der Waals surface area (Å²) in [5.41, 5.74) is 0. The Morgan fingerprint density at radius 3 is 2.17 bits per heavy atom. The van der Waals surface area contributed by atoms with Crippen molar-refractivity contribution < 1.29 is 0 Å². The molecule has 1 heteroatoms. The fourth-order valence-corrected chi connectivity index (χ4v) is 1.76. The third kappa shape index (κ3) is 10.1. The van der Waals surface area contributed by atoms with Gasteiger partial charge in [0.2, 0.25) is 0 Å². The van der Waals surface area contributed by atoms with Crippen LogP contribution in [0.5, 0.6) is 0 Å². The average molecular weight is 186 g/mol. The number of unbranched alkanes of at least 4 members (excludes halogenated alkanes) is 6. The quantitative estimate of drug-likeness (QED) is 0.474. The first-order chi connectivity index (χ1) is 5.91. The molecule has 0 rings (SSSR count). The molecule has 0 aromatic rings. The molecule has 0 bridgehead atoms. The third-order valence-corrected chi connectivity index (χ3v) is 2.74. The first-order valence-corrected chi connectivity index (χ1v) is 6.19. The highest BCUT2D eigenvalue weighted by atomic mass is 32.2. The Bertz CT molecular complexity index is 89.0. The first kappa shape index (κ1) is 12.1. The summed E-state index contributed by atoms with van der Waals surface area (Å²) >= 11 is 1.84. The van der Waals surface area contributed by atoms with Crippen LogP contribution in [0, 0.1) is 0 Å². The molecule has 0 atom stereocenters. The van der Waals surface area contributed by atoms with Crippen LogP contribution >= 0.6 is 11.8 Å². The maximum atomic E-state index is 3.68. The molecule has 0 aromatic heterocycles. The van der Waals surface area contributed by atoms with E-state index in [2.05, 4.69) is 13.5 Å². The second-order valence-electron chi connectivity index (χ2n) is 3.16. The van der Waals surface area contributed by atoms with Crippen molar-refractivity contribution >= 4 is 11.8 Å². The summed E-state index contributed by atoms with van der Waals surface area (Å²) in [4.78, 5) is 0. The predicted octanol–water partition coefficient (Wildman–Crippen LogP) is 4.61. The van der Waals surface area contributed by atoms with Crippen molar-refractivity contribution in [2.75, 3.05) is 5.75 Å². The van der Waals surface area contributed by atoms with Crippen molar-refractivity contribution in [2.24, 2.45) is 0 Å². The zero-order valence-electron chi connectivity index (χ0n) is 8.35. The van der Waals surface area contributed by atoms with E-state index in [1.54, 1.807) is 0 Å². The van der Waals surface area contributed by atoms with Gasteiger partial charge < -0.3 is 0 Å². The van der Waals surface area contributed by atoms with Crippen LogP contribution in [0.4, 0.5) is 0 Å². The highest BCUT2D eigenvalue weighted by Crippen LogP contribution is 2.10. The molecule has 0 amide bonds. The predicted molar refractivity (Wildman–Crippen MR) is 60.6 cm³/mol. The highest BCUT2D eigenvalue weighted by molar-refractivity contribution is 8.02. The minimum absolute atomic E-state index is 1.26. The largest absolute Gasteiger partial charge is 0.135 e. The molecular weight excluding hydrogens is 164 g/mol. The molecule has 0 heterocycles. The van der Waals surface area contributed by atoms with Gasteiger partial charge in [0.05, 0.1) is 0 Å². The topological polar surface area (TPSA) is 0 Å². The molecule has 0 radical (unpaired) electrons. The smallest absolute Gasteiger partial charge is 0.00262 e. The molecule has 12 heavy (non-hydrogen) atoms. The van der Waals surface area contributed by atoms with Gasteiger partial charge in [-0.25, -0.2) is 0 Å². The Kier molecular flexibility index (Phi) is 11.2. The van der Waals surface area contributed by atoms with Crippen molar-refractivity contribution in [1.82, 2.24) is 0 Å². The normalized spacial score (nSPS) is 10.1. The van der Waals surface area contributed by atoms with E-state index in [4.69, 9.17) is 0 Å². The Balaban J connectivity index is 2.77. The summed E-state index contributed by atoms with van der Waals surface area (Å²) in [6.45, 7) is 5.95. The summed E-state index contributed by atoms with van der Waals surface area (Å²) in [5.74, 6) is 1.26. The van der Waals surface area contributed by atoms with Crippen LogP contribution in [0.1, 0.15) is 51.9 Å². The van der Waals surface area contributed by atoms with E-state index in [0.717, 1.165) is 0 Å². The van der Waals surface area contributed by atoms with E-state index in [-0.39, 0.29) is 0 Å². The summed E-state index contributed by atoms with van der Waals surface area (Å²) in [7, 11) is 0. The van der Waals surface area contributed by atoms with Gasteiger partial charge in [0.1, 0.15) is 0 Å². The standard InChI is InChI=1S/C11H22S/c1-3-5-6-7-8-9-10-11-12-4-2/h4H,2-3,5-11H2,1H3. The van der Waals surface area contributed by atoms with Crippen LogP contribution in [0.15, 0.2) is 12.0 Å². The van der Waals surface area contributed by atoms with Gasteiger partial charge in [-0.3, -0.25) is 0 Å². The van der Waals surface area contributed by atoms with Crippen molar-refractivity contribution in [3.8, 4) is 0 Å². The van der Waals surface area contributed by atoms with Gasteiger partial charge in [-0.2, -0.15) is 0 Å². The van der Waals surface area contributed by atoms with Crippen LogP contribution in [-0.4, -0.2) is 5.75 Å². The molecule has 0 unspecified atom stereocenters. The zero-order chi connectivity index (χ0) is 9.07. The third-order valence-electron chi connectivity index (χ3n) is 1.98. The first-order valence-electron chi connectivity index (χ1n) is 5.14. The lowest BCUT2D eigenvalue weighted by atomic mass is 10.1. The van der Waals surface area contributed by atoms with Crippen LogP contribution in [-0.2, 0) is 0 Å². The van der Waals surface area contributed by atoms with Crippen LogP contribution in [0.25, 0.3) is 0 Å². The van der Waals surface area contributed by atoms with Gasteiger partial charge in [-0.05, 0) is 17.6 Å². The van der Waals surface area contributed by atoms with Gasteiger partial charge in [-0.1, -0.05) is 52.0 Å². The van der Waals surface area contributed by atoms with E-state index in [1.165, 1.54) is 50.7 Å². The van der Waals surface area contributed by atoms with Gasteiger partial charge in [0.15, 0.2) is 0 Å². The summed E-state index contributed by atoms with van der Waals surface area (Å²) in [6, 6.07) is 0. The van der Waals surface area contributed by atoms with E-state index >= 15 is 0 Å². The van der Waals surface area contributed by atoms with Gasteiger partial charge in [-0.15, -0.1) is 11.8 Å². The Morgan fingerprint density at radius 2 is 1.58 bits per heavy atom. The Labute approximate surface area is 81.8 Å². The molecule has 0 aliphatic heterocycles. The fourth-order valence-electron chi connectivity index (χ4n) is 1.23. The van der Waals surface area contributed by atoms with Crippen LogP contribution in [0.3, 0.4) is 0 Å². The van der Waals surface area contributed by atoms with E-state index in [0.29, 0.717) is 0 Å². The number of hydrogen-bond acceptors (Lipinski definition) is 1. The summed E-state index contributed by atoms with van der Waals surface area (Å²) in [6.07, 6.45) is 9.84. The SMILES string of the molecule is C=CSCCCCCCCCC. The molecule has 0 N–H and O–H groups in total. The molecule has 0 saturated heterocycles.